The largest absolute Gasteiger partial charge is 0.371 e. The maximum atomic E-state index is 12.0. The predicted octanol–water partition coefficient (Wildman–Crippen LogP) is 3.20. The number of hydrogen-bond donors (Lipinski definition) is 1. The molecule has 0 radical (unpaired) electrons. The first-order valence-electron chi connectivity index (χ1n) is 7.41. The molecular weight excluding hydrogens is 334 g/mol. The SMILES string of the molecule is [C-]#[N+]c1c(N(C)C)nc(SC(C(N)=O)c2ccccc2)c(C#N)c1C. The zero-order chi connectivity index (χ0) is 18.6. The van der Waals surface area contributed by atoms with Crippen LogP contribution in [0.1, 0.15) is 21.9 Å². The molecule has 1 aromatic carbocycles. The highest BCUT2D eigenvalue weighted by Crippen LogP contribution is 2.41. The van der Waals surface area contributed by atoms with Crippen LogP contribution >= 0.6 is 11.8 Å². The second-order valence-corrected chi connectivity index (χ2v) is 6.61. The van der Waals surface area contributed by atoms with E-state index in [1.165, 1.54) is 0 Å². The van der Waals surface area contributed by atoms with Gasteiger partial charge in [-0.05, 0) is 18.1 Å². The molecule has 2 N–H and O–H groups in total. The highest BCUT2D eigenvalue weighted by molar-refractivity contribution is 8.00. The van der Waals surface area contributed by atoms with Gasteiger partial charge in [-0.3, -0.25) is 4.79 Å². The van der Waals surface area contributed by atoms with Crippen LogP contribution in [-0.2, 0) is 4.79 Å². The lowest BCUT2D eigenvalue weighted by Crippen LogP contribution is -2.19. The lowest BCUT2D eigenvalue weighted by atomic mass is 10.1. The predicted molar refractivity (Wildman–Crippen MR) is 98.5 cm³/mol. The van der Waals surface area contributed by atoms with Gasteiger partial charge in [0, 0.05) is 14.1 Å². The smallest absolute Gasteiger partial charge is 0.235 e. The second kappa shape index (κ2) is 7.69. The minimum Gasteiger partial charge on any atom is -0.371 e. The Morgan fingerprint density at radius 3 is 2.52 bits per heavy atom. The van der Waals surface area contributed by atoms with Gasteiger partial charge in [-0.1, -0.05) is 42.1 Å². The summed E-state index contributed by atoms with van der Waals surface area (Å²) in [6, 6.07) is 11.2. The van der Waals surface area contributed by atoms with Crippen molar-refractivity contribution < 1.29 is 4.79 Å². The molecule has 0 aliphatic carbocycles. The number of aromatic nitrogens is 1. The van der Waals surface area contributed by atoms with E-state index in [4.69, 9.17) is 12.3 Å². The van der Waals surface area contributed by atoms with Crippen LogP contribution < -0.4 is 10.6 Å². The number of carbonyl (C=O) groups excluding carboxylic acids is 1. The molecule has 2 aromatic rings. The number of nitrogens with two attached hydrogens (primary N) is 1. The Bertz CT molecular complexity index is 881. The molecule has 1 unspecified atom stereocenters. The van der Waals surface area contributed by atoms with Gasteiger partial charge in [0.05, 0.1) is 12.1 Å². The van der Waals surface area contributed by atoms with Gasteiger partial charge in [0.25, 0.3) is 0 Å². The standard InChI is InChI=1S/C18H17N5OS/c1-11-13(10-19)18(22-17(23(3)4)14(11)21-2)25-15(16(20)24)12-8-6-5-7-9-12/h5-9,15H,1,3-4H3,(H2,20,24). The monoisotopic (exact) mass is 351 g/mol. The third-order valence-corrected chi connectivity index (χ3v) is 4.86. The molecule has 0 fully saturated rings. The minimum absolute atomic E-state index is 0.295. The van der Waals surface area contributed by atoms with Gasteiger partial charge in [-0.2, -0.15) is 5.26 Å². The molecule has 1 heterocycles. The van der Waals surface area contributed by atoms with Crippen molar-refractivity contribution >= 4 is 29.2 Å². The molecule has 0 aliphatic heterocycles. The molecule has 25 heavy (non-hydrogen) atoms. The van der Waals surface area contributed by atoms with Gasteiger partial charge in [-0.25, -0.2) is 9.83 Å². The number of amides is 1. The fourth-order valence-corrected chi connectivity index (χ4v) is 3.43. The van der Waals surface area contributed by atoms with Crippen LogP contribution in [0.5, 0.6) is 0 Å². The second-order valence-electron chi connectivity index (χ2n) is 5.52. The molecule has 6 nitrogen and oxygen atoms in total. The van der Waals surface area contributed by atoms with Gasteiger partial charge in [0.2, 0.25) is 11.6 Å². The lowest BCUT2D eigenvalue weighted by molar-refractivity contribution is -0.117. The molecule has 0 saturated heterocycles. The number of primary amides is 1. The summed E-state index contributed by atoms with van der Waals surface area (Å²) >= 11 is 1.13. The van der Waals surface area contributed by atoms with Crippen molar-refractivity contribution in [3.63, 3.8) is 0 Å². The number of rotatable bonds is 5. The summed E-state index contributed by atoms with van der Waals surface area (Å²) in [7, 11) is 3.55. The van der Waals surface area contributed by atoms with E-state index in [1.54, 1.807) is 25.9 Å². The highest BCUT2D eigenvalue weighted by atomic mass is 32.2. The minimum atomic E-state index is -0.672. The zero-order valence-corrected chi connectivity index (χ0v) is 15.0. The topological polar surface area (TPSA) is 87.4 Å². The van der Waals surface area contributed by atoms with E-state index in [0.717, 1.165) is 17.3 Å². The Morgan fingerprint density at radius 2 is 2.04 bits per heavy atom. The van der Waals surface area contributed by atoms with E-state index >= 15 is 0 Å². The molecule has 1 amide bonds. The highest BCUT2D eigenvalue weighted by Gasteiger charge is 2.25. The number of nitrogens with zero attached hydrogens (tertiary/aromatic N) is 4. The molecule has 1 atom stereocenters. The van der Waals surface area contributed by atoms with Gasteiger partial charge < -0.3 is 10.6 Å². The number of hydrogen-bond acceptors (Lipinski definition) is 5. The van der Waals surface area contributed by atoms with Gasteiger partial charge in [-0.15, -0.1) is 0 Å². The van der Waals surface area contributed by atoms with E-state index < -0.39 is 11.2 Å². The summed E-state index contributed by atoms with van der Waals surface area (Å²) in [6.45, 7) is 9.09. The summed E-state index contributed by atoms with van der Waals surface area (Å²) in [4.78, 5) is 21.7. The third-order valence-electron chi connectivity index (χ3n) is 3.60. The van der Waals surface area contributed by atoms with Crippen molar-refractivity contribution in [3.05, 3.63) is 58.4 Å². The van der Waals surface area contributed by atoms with Crippen molar-refractivity contribution in [2.24, 2.45) is 5.73 Å². The summed E-state index contributed by atoms with van der Waals surface area (Å²) in [5.41, 5.74) is 7.49. The third kappa shape index (κ3) is 3.73. The van der Waals surface area contributed by atoms with Gasteiger partial charge >= 0.3 is 0 Å². The molecule has 0 spiro atoms. The van der Waals surface area contributed by atoms with Crippen molar-refractivity contribution in [3.8, 4) is 6.07 Å². The zero-order valence-electron chi connectivity index (χ0n) is 14.1. The summed E-state index contributed by atoms with van der Waals surface area (Å²) in [5, 5.41) is 9.25. The lowest BCUT2D eigenvalue weighted by Gasteiger charge is -2.19. The Balaban J connectivity index is 2.60. The first kappa shape index (κ1) is 18.3. The number of thioether (sulfide) groups is 1. The van der Waals surface area contributed by atoms with E-state index in [-0.39, 0.29) is 0 Å². The molecule has 0 aliphatic rings. The Labute approximate surface area is 151 Å². The maximum absolute atomic E-state index is 12.0. The first-order chi connectivity index (χ1) is 11.9. The molecule has 0 bridgehead atoms. The van der Waals surface area contributed by atoms with E-state index in [0.29, 0.717) is 27.7 Å². The maximum Gasteiger partial charge on any atom is 0.235 e. The molecule has 1 aromatic heterocycles. The van der Waals surface area contributed by atoms with Crippen LogP contribution in [-0.4, -0.2) is 25.0 Å². The van der Waals surface area contributed by atoms with Gasteiger partial charge in [0.1, 0.15) is 22.2 Å². The molecule has 126 valence electrons. The summed E-state index contributed by atoms with van der Waals surface area (Å²) in [6.07, 6.45) is 0. The first-order valence-corrected chi connectivity index (χ1v) is 8.29. The van der Waals surface area contributed by atoms with Crippen molar-refractivity contribution in [1.29, 1.82) is 5.26 Å². The van der Waals surface area contributed by atoms with Crippen LogP contribution in [0.3, 0.4) is 0 Å². The number of nitriles is 1. The molecule has 2 rings (SSSR count). The Kier molecular flexibility index (Phi) is 5.63. The van der Waals surface area contributed by atoms with Crippen molar-refractivity contribution in [2.45, 2.75) is 17.2 Å². The fourth-order valence-electron chi connectivity index (χ4n) is 2.34. The van der Waals surface area contributed by atoms with Crippen molar-refractivity contribution in [2.75, 3.05) is 19.0 Å². The van der Waals surface area contributed by atoms with E-state index in [1.807, 2.05) is 30.3 Å². The number of anilines is 1. The van der Waals surface area contributed by atoms with Gasteiger partial charge in [0.15, 0.2) is 0 Å². The number of benzene rings is 1. The van der Waals surface area contributed by atoms with Crippen LogP contribution in [0, 0.1) is 24.8 Å². The van der Waals surface area contributed by atoms with Crippen LogP contribution in [0.2, 0.25) is 0 Å². The van der Waals surface area contributed by atoms with Crippen LogP contribution in [0.25, 0.3) is 4.85 Å². The normalized spacial score (nSPS) is 11.2. The van der Waals surface area contributed by atoms with E-state index in [9.17, 15) is 10.1 Å². The summed E-state index contributed by atoms with van der Waals surface area (Å²) in [5.74, 6) is -0.0505. The molecule has 7 heteroatoms. The Hall–Kier alpha value is -3.03. The van der Waals surface area contributed by atoms with E-state index in [2.05, 4.69) is 15.9 Å². The quantitative estimate of drug-likeness (QED) is 0.660. The molecular formula is C18H17N5OS. The fraction of sp³-hybridized carbons (Fsp3) is 0.222. The average molecular weight is 351 g/mol. The summed E-state index contributed by atoms with van der Waals surface area (Å²) < 4.78 is 0. The molecule has 0 saturated carbocycles. The number of pyridine rings is 1. The van der Waals surface area contributed by atoms with Crippen molar-refractivity contribution in [1.82, 2.24) is 4.98 Å². The number of carbonyl (C=O) groups is 1. The average Bonchev–Trinajstić information content (AvgIpc) is 2.59. The Morgan fingerprint density at radius 1 is 1.40 bits per heavy atom. The van der Waals surface area contributed by atoms with Crippen LogP contribution in [0.15, 0.2) is 35.4 Å². The van der Waals surface area contributed by atoms with Crippen LogP contribution in [0.4, 0.5) is 11.5 Å².